The van der Waals surface area contributed by atoms with Crippen molar-refractivity contribution in [3.05, 3.63) is 170 Å². The van der Waals surface area contributed by atoms with E-state index in [1.165, 1.54) is 73.7 Å². The lowest BCUT2D eigenvalue weighted by atomic mass is 9.89. The van der Waals surface area contributed by atoms with Crippen molar-refractivity contribution in [1.29, 1.82) is 0 Å². The molecule has 3 aromatic heterocycles. The second-order valence-corrected chi connectivity index (χ2v) is 15.4. The van der Waals surface area contributed by atoms with Crippen LogP contribution in [0.2, 0.25) is 0 Å². The molecule has 0 bridgehead atoms. The highest BCUT2D eigenvalue weighted by atomic mass is 32.1. The summed E-state index contributed by atoms with van der Waals surface area (Å²) in [6.07, 6.45) is 0. The Morgan fingerprint density at radius 3 is 1.47 bits per heavy atom. The van der Waals surface area contributed by atoms with Crippen molar-refractivity contribution < 1.29 is 4.42 Å². The van der Waals surface area contributed by atoms with Crippen molar-refractivity contribution in [2.75, 3.05) is 0 Å². The molecule has 8 aromatic carbocycles. The second-order valence-electron chi connectivity index (χ2n) is 13.2. The number of hydrogen-bond acceptors (Lipinski definition) is 3. The Bertz CT molecular complexity index is 3020. The van der Waals surface area contributed by atoms with Crippen molar-refractivity contribution in [2.24, 2.45) is 0 Å². The highest BCUT2D eigenvalue weighted by Crippen LogP contribution is 2.45. The standard InChI is InChI=1S/C48H28OS2/c1-4-20-41-37(13-1)38-19-8-18-36(48(38)49-41)30-12-7-11-29(25-30)31-26-32(34-16-9-23-44-46(34)39-14-2-5-21-42(39)50-44)28-33(27-31)35-17-10-24-45-47(35)40-15-3-6-22-43(40)51-45/h1-28H. The molecule has 51 heavy (non-hydrogen) atoms. The smallest absolute Gasteiger partial charge is 0.143 e. The molecule has 0 saturated heterocycles. The molecule has 0 aliphatic rings. The van der Waals surface area contributed by atoms with Crippen molar-refractivity contribution >= 4 is 85.0 Å². The molecule has 3 heterocycles. The van der Waals surface area contributed by atoms with Crippen molar-refractivity contribution in [3.8, 4) is 44.5 Å². The second kappa shape index (κ2) is 11.3. The lowest BCUT2D eigenvalue weighted by Crippen LogP contribution is -1.88. The molecule has 0 unspecified atom stereocenters. The molecule has 0 saturated carbocycles. The van der Waals surface area contributed by atoms with Gasteiger partial charge >= 0.3 is 0 Å². The number of hydrogen-bond donors (Lipinski definition) is 0. The number of thiophene rings is 2. The fraction of sp³-hybridized carbons (Fsp3) is 0. The Hall–Kier alpha value is -6.00. The summed E-state index contributed by atoms with van der Waals surface area (Å²) in [6.45, 7) is 0. The molecule has 11 aromatic rings. The van der Waals surface area contributed by atoms with Gasteiger partial charge < -0.3 is 4.42 Å². The van der Waals surface area contributed by atoms with Crippen LogP contribution in [-0.2, 0) is 0 Å². The van der Waals surface area contributed by atoms with Gasteiger partial charge in [0.1, 0.15) is 11.2 Å². The molecular formula is C48H28OS2. The van der Waals surface area contributed by atoms with E-state index in [1.54, 1.807) is 0 Å². The summed E-state index contributed by atoms with van der Waals surface area (Å²) in [5, 5.41) is 7.56. The van der Waals surface area contributed by atoms with Crippen LogP contribution in [0.3, 0.4) is 0 Å². The Labute approximate surface area is 302 Å². The highest BCUT2D eigenvalue weighted by Gasteiger charge is 2.17. The summed E-state index contributed by atoms with van der Waals surface area (Å²) in [4.78, 5) is 0. The average molecular weight is 685 g/mol. The first-order valence-corrected chi connectivity index (χ1v) is 18.9. The molecule has 0 fully saturated rings. The zero-order chi connectivity index (χ0) is 33.5. The number of fused-ring (bicyclic) bond motifs is 9. The minimum atomic E-state index is 0.915. The molecule has 0 radical (unpaired) electrons. The van der Waals surface area contributed by atoms with E-state index in [-0.39, 0.29) is 0 Å². The van der Waals surface area contributed by atoms with Gasteiger partial charge in [0.2, 0.25) is 0 Å². The fourth-order valence-electron chi connectivity index (χ4n) is 7.98. The number of furan rings is 1. The molecule has 0 N–H and O–H groups in total. The molecular weight excluding hydrogens is 657 g/mol. The van der Waals surface area contributed by atoms with Gasteiger partial charge in [-0.1, -0.05) is 115 Å². The number of para-hydroxylation sites is 2. The van der Waals surface area contributed by atoms with Gasteiger partial charge in [0.15, 0.2) is 0 Å². The monoisotopic (exact) mass is 684 g/mol. The van der Waals surface area contributed by atoms with Crippen molar-refractivity contribution in [3.63, 3.8) is 0 Å². The summed E-state index contributed by atoms with van der Waals surface area (Å²) in [6, 6.07) is 62.0. The molecule has 3 heteroatoms. The quantitative estimate of drug-likeness (QED) is 0.180. The maximum Gasteiger partial charge on any atom is 0.143 e. The van der Waals surface area contributed by atoms with E-state index in [4.69, 9.17) is 4.42 Å². The topological polar surface area (TPSA) is 13.1 Å². The maximum absolute atomic E-state index is 6.48. The third kappa shape index (κ3) is 4.52. The van der Waals surface area contributed by atoms with E-state index >= 15 is 0 Å². The number of rotatable bonds is 4. The summed E-state index contributed by atoms with van der Waals surface area (Å²) < 4.78 is 11.7. The van der Waals surface area contributed by atoms with Crippen molar-refractivity contribution in [2.45, 2.75) is 0 Å². The molecule has 238 valence electrons. The van der Waals surface area contributed by atoms with E-state index in [2.05, 4.69) is 164 Å². The Balaban J connectivity index is 1.17. The fourth-order valence-corrected chi connectivity index (χ4v) is 10.2. The normalized spacial score (nSPS) is 11.9. The van der Waals surface area contributed by atoms with Crippen LogP contribution in [0.4, 0.5) is 0 Å². The zero-order valence-electron chi connectivity index (χ0n) is 27.4. The van der Waals surface area contributed by atoms with E-state index in [1.807, 2.05) is 28.7 Å². The van der Waals surface area contributed by atoms with Crippen LogP contribution in [-0.4, -0.2) is 0 Å². The SMILES string of the molecule is c1cc(-c2cc(-c3cccc4sc5ccccc5c34)cc(-c3cccc4sc5ccccc5c34)c2)cc(-c2cccc3c2oc2ccccc23)c1. The predicted octanol–water partition coefficient (Wildman–Crippen LogP) is 15.0. The summed E-state index contributed by atoms with van der Waals surface area (Å²) in [5.74, 6) is 0. The Morgan fingerprint density at radius 2 is 0.784 bits per heavy atom. The minimum Gasteiger partial charge on any atom is -0.455 e. The molecule has 0 aliphatic carbocycles. The number of benzene rings is 8. The molecule has 11 rings (SSSR count). The molecule has 0 aliphatic heterocycles. The van der Waals surface area contributed by atoms with Gasteiger partial charge in [-0.05, 0) is 93.5 Å². The van der Waals surface area contributed by atoms with E-state index in [0.717, 1.165) is 33.1 Å². The van der Waals surface area contributed by atoms with Crippen LogP contribution in [0.25, 0.3) is 107 Å². The minimum absolute atomic E-state index is 0.915. The zero-order valence-corrected chi connectivity index (χ0v) is 29.0. The largest absolute Gasteiger partial charge is 0.455 e. The van der Waals surface area contributed by atoms with Crippen LogP contribution >= 0.6 is 22.7 Å². The van der Waals surface area contributed by atoms with Crippen LogP contribution in [0.1, 0.15) is 0 Å². The van der Waals surface area contributed by atoms with Gasteiger partial charge in [-0.3, -0.25) is 0 Å². The Morgan fingerprint density at radius 1 is 0.314 bits per heavy atom. The van der Waals surface area contributed by atoms with E-state index < -0.39 is 0 Å². The van der Waals surface area contributed by atoms with Crippen LogP contribution < -0.4 is 0 Å². The lowest BCUT2D eigenvalue weighted by molar-refractivity contribution is 0.670. The van der Waals surface area contributed by atoms with Gasteiger partial charge in [-0.2, -0.15) is 0 Å². The van der Waals surface area contributed by atoms with Gasteiger partial charge in [0.05, 0.1) is 0 Å². The molecule has 1 nitrogen and oxygen atoms in total. The van der Waals surface area contributed by atoms with Crippen molar-refractivity contribution in [1.82, 2.24) is 0 Å². The molecule has 0 spiro atoms. The molecule has 0 amide bonds. The third-order valence-corrected chi connectivity index (χ3v) is 12.5. The third-order valence-electron chi connectivity index (χ3n) is 10.3. The van der Waals surface area contributed by atoms with Gasteiger partial charge in [0.25, 0.3) is 0 Å². The summed E-state index contributed by atoms with van der Waals surface area (Å²) in [7, 11) is 0. The summed E-state index contributed by atoms with van der Waals surface area (Å²) >= 11 is 3.74. The lowest BCUT2D eigenvalue weighted by Gasteiger charge is -2.14. The van der Waals surface area contributed by atoms with Crippen LogP contribution in [0.15, 0.2) is 174 Å². The Kier molecular flexibility index (Phi) is 6.36. The first kappa shape index (κ1) is 28.8. The predicted molar refractivity (Wildman–Crippen MR) is 221 cm³/mol. The van der Waals surface area contributed by atoms with Gasteiger partial charge in [0, 0.05) is 56.7 Å². The van der Waals surface area contributed by atoms with E-state index in [9.17, 15) is 0 Å². The van der Waals surface area contributed by atoms with Gasteiger partial charge in [-0.25, -0.2) is 0 Å². The summed E-state index contributed by atoms with van der Waals surface area (Å²) in [5.41, 5.74) is 11.4. The first-order chi connectivity index (χ1) is 25.3. The first-order valence-electron chi connectivity index (χ1n) is 17.2. The van der Waals surface area contributed by atoms with Gasteiger partial charge in [-0.15, -0.1) is 22.7 Å². The maximum atomic E-state index is 6.48. The molecule has 0 atom stereocenters. The highest BCUT2D eigenvalue weighted by molar-refractivity contribution is 7.26. The average Bonchev–Trinajstić information content (AvgIpc) is 3.89. The van der Waals surface area contributed by atoms with Crippen LogP contribution in [0, 0.1) is 0 Å². The van der Waals surface area contributed by atoms with Crippen LogP contribution in [0.5, 0.6) is 0 Å². The van der Waals surface area contributed by atoms with E-state index in [0.29, 0.717) is 0 Å².